The number of aromatic hydroxyl groups is 1. The van der Waals surface area contributed by atoms with Gasteiger partial charge >= 0.3 is 0 Å². The summed E-state index contributed by atoms with van der Waals surface area (Å²) in [6.45, 7) is 6.16. The molecule has 4 aliphatic rings. The first-order chi connectivity index (χ1) is 22.3. The van der Waals surface area contributed by atoms with Gasteiger partial charge in [-0.2, -0.15) is 0 Å². The van der Waals surface area contributed by atoms with Crippen molar-refractivity contribution in [1.29, 1.82) is 0 Å². The lowest BCUT2D eigenvalue weighted by Gasteiger charge is -2.55. The highest BCUT2D eigenvalue weighted by Crippen LogP contribution is 2.64. The standard InChI is InChI=1S/C40H37NO5/c1-3-12-25-15-11-18-29(36(25)43)35-27-19-20-28-34(39(46)41(21-4-2)38(28)45)31(27)22-32-37(44)30(24-13-7-5-8-14-24)23-33(42)40(32,35)26-16-9-6-10-17-26/h3,5-11,13-19,23,28,31-32,34-35,43H,1,4,12,20-22H2,2H3/t28-,31+,32-,34-,35+,40-/m0/s1. The van der Waals surface area contributed by atoms with Crippen molar-refractivity contribution >= 4 is 29.0 Å². The summed E-state index contributed by atoms with van der Waals surface area (Å²) < 4.78 is 0. The second kappa shape index (κ2) is 11.5. The Labute approximate surface area is 269 Å². The number of para-hydroxylation sites is 1. The van der Waals surface area contributed by atoms with E-state index < -0.39 is 35.0 Å². The number of carbonyl (C=O) groups excluding carboxylic acids is 4. The summed E-state index contributed by atoms with van der Waals surface area (Å²) in [7, 11) is 0. The van der Waals surface area contributed by atoms with Crippen molar-refractivity contribution in [2.24, 2.45) is 23.7 Å². The van der Waals surface area contributed by atoms with E-state index in [-0.39, 0.29) is 35.6 Å². The van der Waals surface area contributed by atoms with Gasteiger partial charge in [-0.15, -0.1) is 6.58 Å². The summed E-state index contributed by atoms with van der Waals surface area (Å²) in [5, 5.41) is 11.9. The SMILES string of the molecule is C=CCc1cccc([C@H]2C3=CC[C@@H]4C(=O)N(CCC)C(=O)[C@@H]4[C@@H]3C[C@H]3C(=O)C(c4ccccc4)=CC(=O)[C@@]23c2ccccc2)c1O. The molecule has 7 rings (SSSR count). The minimum atomic E-state index is -1.37. The molecule has 3 aromatic carbocycles. The molecule has 6 heteroatoms. The van der Waals surface area contributed by atoms with Gasteiger partial charge in [-0.05, 0) is 54.4 Å². The van der Waals surface area contributed by atoms with Gasteiger partial charge in [0.15, 0.2) is 11.6 Å². The second-order valence-corrected chi connectivity index (χ2v) is 13.0. The fraction of sp³-hybridized carbons (Fsp3) is 0.300. The van der Waals surface area contributed by atoms with Crippen LogP contribution in [0.1, 0.15) is 54.4 Å². The topological polar surface area (TPSA) is 91.8 Å². The number of ketones is 2. The summed E-state index contributed by atoms with van der Waals surface area (Å²) >= 11 is 0. The molecular weight excluding hydrogens is 574 g/mol. The van der Waals surface area contributed by atoms with Crippen LogP contribution in [0.15, 0.2) is 109 Å². The number of likely N-dealkylation sites (tertiary alicyclic amines) is 1. The van der Waals surface area contributed by atoms with E-state index in [1.807, 2.05) is 91.9 Å². The Morgan fingerprint density at radius 2 is 1.63 bits per heavy atom. The molecule has 0 aromatic heterocycles. The number of allylic oxidation sites excluding steroid dienone is 5. The highest BCUT2D eigenvalue weighted by Gasteiger charge is 2.66. The van der Waals surface area contributed by atoms with Gasteiger partial charge in [0, 0.05) is 29.5 Å². The molecule has 6 atom stereocenters. The van der Waals surface area contributed by atoms with E-state index in [1.165, 1.54) is 11.0 Å². The van der Waals surface area contributed by atoms with Crippen LogP contribution in [0, 0.1) is 23.7 Å². The number of amides is 2. The smallest absolute Gasteiger partial charge is 0.233 e. The Morgan fingerprint density at radius 1 is 0.913 bits per heavy atom. The fourth-order valence-electron chi connectivity index (χ4n) is 8.89. The van der Waals surface area contributed by atoms with Crippen LogP contribution in [0.3, 0.4) is 0 Å². The zero-order valence-electron chi connectivity index (χ0n) is 25.9. The minimum absolute atomic E-state index is 0.0599. The Balaban J connectivity index is 1.52. The number of nitrogens with zero attached hydrogens (tertiary/aromatic N) is 1. The van der Waals surface area contributed by atoms with Crippen molar-refractivity contribution in [2.45, 2.75) is 43.9 Å². The number of fused-ring (bicyclic) bond motifs is 4. The number of rotatable bonds is 7. The predicted molar refractivity (Wildman–Crippen MR) is 176 cm³/mol. The predicted octanol–water partition coefficient (Wildman–Crippen LogP) is 6.36. The van der Waals surface area contributed by atoms with Crippen LogP contribution in [-0.2, 0) is 31.0 Å². The summed E-state index contributed by atoms with van der Waals surface area (Å²) in [6.07, 6.45) is 6.95. The number of carbonyl (C=O) groups is 4. The Morgan fingerprint density at radius 3 is 2.33 bits per heavy atom. The minimum Gasteiger partial charge on any atom is -0.507 e. The number of Topliss-reactive ketones (excluding diaryl/α,β-unsaturated/α-hetero) is 1. The first kappa shape index (κ1) is 29.8. The van der Waals surface area contributed by atoms with Crippen LogP contribution < -0.4 is 0 Å². The molecule has 1 saturated heterocycles. The number of hydrogen-bond donors (Lipinski definition) is 1. The van der Waals surface area contributed by atoms with Gasteiger partial charge in [-0.1, -0.05) is 104 Å². The van der Waals surface area contributed by atoms with Crippen molar-refractivity contribution in [3.63, 3.8) is 0 Å². The van der Waals surface area contributed by atoms with Crippen molar-refractivity contribution in [1.82, 2.24) is 4.90 Å². The van der Waals surface area contributed by atoms with Crippen LogP contribution >= 0.6 is 0 Å². The molecule has 46 heavy (non-hydrogen) atoms. The lowest BCUT2D eigenvalue weighted by Crippen LogP contribution is -2.58. The maximum absolute atomic E-state index is 15.1. The third-order valence-corrected chi connectivity index (χ3v) is 10.7. The second-order valence-electron chi connectivity index (χ2n) is 13.0. The third kappa shape index (κ3) is 4.23. The van der Waals surface area contributed by atoms with Crippen LogP contribution in [0.25, 0.3) is 5.57 Å². The average Bonchev–Trinajstić information content (AvgIpc) is 3.32. The molecule has 0 bridgehead atoms. The van der Waals surface area contributed by atoms with Crippen molar-refractivity contribution < 1.29 is 24.3 Å². The zero-order valence-corrected chi connectivity index (χ0v) is 25.9. The molecule has 3 aromatic rings. The first-order valence-electron chi connectivity index (χ1n) is 16.2. The maximum atomic E-state index is 15.1. The monoisotopic (exact) mass is 611 g/mol. The normalized spacial score (nSPS) is 28.6. The van der Waals surface area contributed by atoms with Gasteiger partial charge < -0.3 is 5.11 Å². The highest BCUT2D eigenvalue weighted by molar-refractivity contribution is 6.31. The maximum Gasteiger partial charge on any atom is 0.233 e. The molecule has 1 saturated carbocycles. The molecule has 2 amide bonds. The lowest BCUT2D eigenvalue weighted by atomic mass is 9.44. The van der Waals surface area contributed by atoms with Crippen molar-refractivity contribution in [3.05, 3.63) is 131 Å². The third-order valence-electron chi connectivity index (χ3n) is 10.7. The molecule has 1 N–H and O–H groups in total. The molecule has 232 valence electrons. The van der Waals surface area contributed by atoms with Crippen LogP contribution in [0.4, 0.5) is 0 Å². The zero-order chi connectivity index (χ0) is 32.2. The number of phenols is 1. The number of imide groups is 1. The van der Waals surface area contributed by atoms with Gasteiger partial charge in [0.05, 0.1) is 17.3 Å². The highest BCUT2D eigenvalue weighted by atomic mass is 16.3. The Hall–Kier alpha value is -4.84. The summed E-state index contributed by atoms with van der Waals surface area (Å²) in [5.41, 5.74) is 2.41. The first-order valence-corrected chi connectivity index (χ1v) is 16.2. The van der Waals surface area contributed by atoms with Crippen molar-refractivity contribution in [2.75, 3.05) is 6.54 Å². The van der Waals surface area contributed by atoms with E-state index in [4.69, 9.17) is 0 Å². The van der Waals surface area contributed by atoms with E-state index in [9.17, 15) is 19.5 Å². The molecule has 0 unspecified atom stereocenters. The van der Waals surface area contributed by atoms with E-state index in [1.54, 1.807) is 6.08 Å². The number of phenolic OH excluding ortho intramolecular Hbond substituents is 1. The van der Waals surface area contributed by atoms with E-state index >= 15 is 4.79 Å². The molecule has 1 heterocycles. The van der Waals surface area contributed by atoms with Gasteiger partial charge in [-0.3, -0.25) is 24.1 Å². The van der Waals surface area contributed by atoms with Gasteiger partial charge in [0.25, 0.3) is 0 Å². The van der Waals surface area contributed by atoms with Gasteiger partial charge in [0.2, 0.25) is 11.8 Å². The number of benzene rings is 3. The van der Waals surface area contributed by atoms with Crippen LogP contribution in [0.2, 0.25) is 0 Å². The van der Waals surface area contributed by atoms with Crippen LogP contribution in [0.5, 0.6) is 5.75 Å². The van der Waals surface area contributed by atoms with Crippen LogP contribution in [-0.4, -0.2) is 39.9 Å². The molecule has 2 fully saturated rings. The molecule has 3 aliphatic carbocycles. The van der Waals surface area contributed by atoms with E-state index in [0.29, 0.717) is 53.6 Å². The quantitative estimate of drug-likeness (QED) is 0.248. The fourth-order valence-corrected chi connectivity index (χ4v) is 8.89. The molecular formula is C40H37NO5. The molecule has 1 aliphatic heterocycles. The molecule has 6 nitrogen and oxygen atoms in total. The van der Waals surface area contributed by atoms with E-state index in [0.717, 1.165) is 5.57 Å². The molecule has 0 spiro atoms. The van der Waals surface area contributed by atoms with Gasteiger partial charge in [-0.25, -0.2) is 0 Å². The Bertz CT molecular complexity index is 1820. The van der Waals surface area contributed by atoms with Crippen molar-refractivity contribution in [3.8, 4) is 5.75 Å². The number of hydrogen-bond acceptors (Lipinski definition) is 5. The lowest BCUT2D eigenvalue weighted by molar-refractivity contribution is -0.140. The van der Waals surface area contributed by atoms with Gasteiger partial charge in [0.1, 0.15) is 5.75 Å². The largest absolute Gasteiger partial charge is 0.507 e. The summed E-state index contributed by atoms with van der Waals surface area (Å²) in [4.78, 5) is 59.0. The molecule has 0 radical (unpaired) electrons. The Kier molecular flexibility index (Phi) is 7.47. The average molecular weight is 612 g/mol. The summed E-state index contributed by atoms with van der Waals surface area (Å²) in [5.74, 6) is -3.81. The summed E-state index contributed by atoms with van der Waals surface area (Å²) in [6, 6.07) is 24.2. The van der Waals surface area contributed by atoms with E-state index in [2.05, 4.69) is 6.58 Å².